The lowest BCUT2D eigenvalue weighted by atomic mass is 9.92. The first-order chi connectivity index (χ1) is 18.4. The summed E-state index contributed by atoms with van der Waals surface area (Å²) in [7, 11) is 0. The van der Waals surface area contributed by atoms with Gasteiger partial charge in [-0.2, -0.15) is 0 Å². The van der Waals surface area contributed by atoms with Gasteiger partial charge in [0, 0.05) is 37.3 Å². The van der Waals surface area contributed by atoms with Gasteiger partial charge in [-0.25, -0.2) is 4.68 Å². The summed E-state index contributed by atoms with van der Waals surface area (Å²) < 4.78 is 1.28. The lowest BCUT2D eigenvalue weighted by molar-refractivity contribution is -0.137. The minimum Gasteiger partial charge on any atom is -0.508 e. The Balaban J connectivity index is 1.44. The van der Waals surface area contributed by atoms with Crippen LogP contribution in [0.4, 0.5) is 0 Å². The Bertz CT molecular complexity index is 1370. The SMILES string of the molecule is C[C@@H]1CN([C@H](c2ccc(-c3nnnn3CC(=O)O)cc2)c2cccc(O)c2)[C@@H](C)CN1Cc1ccccc1. The quantitative estimate of drug-likeness (QED) is 0.367. The molecule has 1 fully saturated rings. The molecule has 2 N–H and O–H groups in total. The number of carboxylic acid groups (broad SMARTS) is 1. The van der Waals surface area contributed by atoms with E-state index in [1.807, 2.05) is 42.5 Å². The standard InChI is InChI=1S/C29H32N6O3/c1-20-17-34(21(2)16-33(20)18-22-7-4-3-5-8-22)28(25-9-6-10-26(36)15-25)23-11-13-24(14-12-23)29-30-31-32-35(29)19-27(37)38/h3-15,20-21,28,36H,16-19H2,1-2H3,(H,37,38)/t20-,21+,28-/m1/s1. The molecule has 1 saturated heterocycles. The Morgan fingerprint density at radius 1 is 0.947 bits per heavy atom. The third-order valence-electron chi connectivity index (χ3n) is 7.21. The zero-order chi connectivity index (χ0) is 26.6. The summed E-state index contributed by atoms with van der Waals surface area (Å²) in [6.45, 7) is 6.93. The van der Waals surface area contributed by atoms with Crippen molar-refractivity contribution in [2.45, 2.75) is 45.1 Å². The number of phenolic OH excluding ortho intramolecular Hbond substituents is 1. The number of rotatable bonds is 8. The number of aromatic nitrogens is 4. The molecule has 3 aromatic carbocycles. The molecule has 9 heteroatoms. The van der Waals surface area contributed by atoms with E-state index < -0.39 is 5.97 Å². The second kappa shape index (κ2) is 11.1. The van der Waals surface area contributed by atoms with Crippen LogP contribution in [-0.4, -0.2) is 71.4 Å². The smallest absolute Gasteiger partial charge is 0.325 e. The minimum absolute atomic E-state index is 0.0671. The highest BCUT2D eigenvalue weighted by Crippen LogP contribution is 2.35. The maximum absolute atomic E-state index is 11.2. The van der Waals surface area contributed by atoms with Gasteiger partial charge < -0.3 is 10.2 Å². The van der Waals surface area contributed by atoms with Gasteiger partial charge in [0.25, 0.3) is 0 Å². The predicted molar refractivity (Wildman–Crippen MR) is 143 cm³/mol. The molecule has 196 valence electrons. The Labute approximate surface area is 221 Å². The van der Waals surface area contributed by atoms with Gasteiger partial charge >= 0.3 is 5.97 Å². The fourth-order valence-electron chi connectivity index (χ4n) is 5.35. The number of phenols is 1. The fraction of sp³-hybridized carbons (Fsp3) is 0.310. The largest absolute Gasteiger partial charge is 0.508 e. The first-order valence-corrected chi connectivity index (χ1v) is 12.8. The zero-order valence-corrected chi connectivity index (χ0v) is 21.6. The van der Waals surface area contributed by atoms with Crippen LogP contribution in [0.25, 0.3) is 11.4 Å². The third-order valence-corrected chi connectivity index (χ3v) is 7.21. The number of carbonyl (C=O) groups is 1. The average Bonchev–Trinajstić information content (AvgIpc) is 3.35. The molecule has 1 aromatic heterocycles. The van der Waals surface area contributed by atoms with Crippen molar-refractivity contribution < 1.29 is 15.0 Å². The van der Waals surface area contributed by atoms with Gasteiger partial charge in [-0.15, -0.1) is 5.10 Å². The molecule has 0 aliphatic carbocycles. The van der Waals surface area contributed by atoms with Crippen molar-refractivity contribution in [3.8, 4) is 17.1 Å². The molecule has 9 nitrogen and oxygen atoms in total. The number of aliphatic carboxylic acids is 1. The highest BCUT2D eigenvalue weighted by Gasteiger charge is 2.35. The maximum Gasteiger partial charge on any atom is 0.325 e. The number of carboxylic acids is 1. The summed E-state index contributed by atoms with van der Waals surface area (Å²) in [6.07, 6.45) is 0. The number of hydrogen-bond donors (Lipinski definition) is 2. The van der Waals surface area contributed by atoms with Crippen molar-refractivity contribution in [1.29, 1.82) is 0 Å². The molecule has 5 rings (SSSR count). The van der Waals surface area contributed by atoms with Crippen molar-refractivity contribution in [3.63, 3.8) is 0 Å². The molecule has 3 atom stereocenters. The normalized spacial score (nSPS) is 19.3. The van der Waals surface area contributed by atoms with E-state index in [0.29, 0.717) is 11.9 Å². The Morgan fingerprint density at radius 2 is 1.71 bits per heavy atom. The van der Waals surface area contributed by atoms with Crippen LogP contribution in [0, 0.1) is 0 Å². The summed E-state index contributed by atoms with van der Waals surface area (Å²) >= 11 is 0. The van der Waals surface area contributed by atoms with Gasteiger partial charge in [0.2, 0.25) is 0 Å². The zero-order valence-electron chi connectivity index (χ0n) is 21.6. The lowest BCUT2D eigenvalue weighted by Crippen LogP contribution is -2.56. The molecular weight excluding hydrogens is 480 g/mol. The molecule has 38 heavy (non-hydrogen) atoms. The molecule has 0 unspecified atom stereocenters. The van der Waals surface area contributed by atoms with Gasteiger partial charge in [0.15, 0.2) is 5.82 Å². The number of nitrogens with zero attached hydrogens (tertiary/aromatic N) is 6. The average molecular weight is 513 g/mol. The summed E-state index contributed by atoms with van der Waals surface area (Å²) in [4.78, 5) is 16.2. The van der Waals surface area contributed by atoms with E-state index in [1.54, 1.807) is 6.07 Å². The van der Waals surface area contributed by atoms with Crippen molar-refractivity contribution in [2.24, 2.45) is 0 Å². The van der Waals surface area contributed by atoms with E-state index in [1.165, 1.54) is 10.2 Å². The molecule has 2 heterocycles. The van der Waals surface area contributed by atoms with Crippen LogP contribution in [0.3, 0.4) is 0 Å². The second-order valence-electron chi connectivity index (χ2n) is 9.98. The summed E-state index contributed by atoms with van der Waals surface area (Å²) in [5, 5.41) is 31.0. The molecule has 1 aliphatic heterocycles. The highest BCUT2D eigenvalue weighted by atomic mass is 16.4. The van der Waals surface area contributed by atoms with E-state index in [-0.39, 0.29) is 24.4 Å². The van der Waals surface area contributed by atoms with Crippen LogP contribution < -0.4 is 0 Å². The Hall–Kier alpha value is -4.08. The molecule has 0 saturated carbocycles. The van der Waals surface area contributed by atoms with Crippen molar-refractivity contribution in [1.82, 2.24) is 30.0 Å². The van der Waals surface area contributed by atoms with E-state index in [0.717, 1.165) is 36.3 Å². The Morgan fingerprint density at radius 3 is 2.42 bits per heavy atom. The van der Waals surface area contributed by atoms with Crippen molar-refractivity contribution in [2.75, 3.05) is 13.1 Å². The van der Waals surface area contributed by atoms with Gasteiger partial charge in [-0.1, -0.05) is 66.7 Å². The monoisotopic (exact) mass is 512 g/mol. The number of piperazine rings is 1. The second-order valence-corrected chi connectivity index (χ2v) is 9.98. The highest BCUT2D eigenvalue weighted by molar-refractivity contribution is 5.67. The van der Waals surface area contributed by atoms with E-state index >= 15 is 0 Å². The molecule has 4 aromatic rings. The van der Waals surface area contributed by atoms with Crippen LogP contribution in [0.1, 0.15) is 36.6 Å². The maximum atomic E-state index is 11.2. The first-order valence-electron chi connectivity index (χ1n) is 12.8. The topological polar surface area (TPSA) is 108 Å². The van der Waals surface area contributed by atoms with E-state index in [4.69, 9.17) is 5.11 Å². The number of tetrazole rings is 1. The predicted octanol–water partition coefficient (Wildman–Crippen LogP) is 3.81. The van der Waals surface area contributed by atoms with Crippen molar-refractivity contribution >= 4 is 5.97 Å². The van der Waals surface area contributed by atoms with Crippen LogP contribution in [-0.2, 0) is 17.9 Å². The summed E-state index contributed by atoms with van der Waals surface area (Å²) in [5.41, 5.74) is 4.14. The Kier molecular flexibility index (Phi) is 7.48. The third kappa shape index (κ3) is 5.58. The number of aromatic hydroxyl groups is 1. The van der Waals surface area contributed by atoms with Gasteiger partial charge in [0.05, 0.1) is 6.04 Å². The number of hydrogen-bond acceptors (Lipinski definition) is 7. The van der Waals surface area contributed by atoms with Crippen LogP contribution in [0.2, 0.25) is 0 Å². The molecular formula is C29H32N6O3. The van der Waals surface area contributed by atoms with Crippen LogP contribution in [0.15, 0.2) is 78.9 Å². The molecule has 0 radical (unpaired) electrons. The van der Waals surface area contributed by atoms with Crippen LogP contribution in [0.5, 0.6) is 5.75 Å². The van der Waals surface area contributed by atoms with Gasteiger partial charge in [-0.3, -0.25) is 14.6 Å². The lowest BCUT2D eigenvalue weighted by Gasteiger charge is -2.47. The minimum atomic E-state index is -1.01. The summed E-state index contributed by atoms with van der Waals surface area (Å²) in [5.74, 6) is -0.363. The molecule has 0 amide bonds. The van der Waals surface area contributed by atoms with E-state index in [2.05, 4.69) is 69.5 Å². The molecule has 0 spiro atoms. The first kappa shape index (κ1) is 25.6. The van der Waals surface area contributed by atoms with Crippen molar-refractivity contribution in [3.05, 3.63) is 95.6 Å². The summed E-state index contributed by atoms with van der Waals surface area (Å²) in [6, 6.07) is 26.5. The molecule has 0 bridgehead atoms. The van der Waals surface area contributed by atoms with Gasteiger partial charge in [0.1, 0.15) is 12.3 Å². The van der Waals surface area contributed by atoms with Crippen LogP contribution >= 0.6 is 0 Å². The fourth-order valence-corrected chi connectivity index (χ4v) is 5.35. The van der Waals surface area contributed by atoms with E-state index in [9.17, 15) is 9.90 Å². The van der Waals surface area contributed by atoms with Gasteiger partial charge in [-0.05, 0) is 53.1 Å². The molecule has 1 aliphatic rings. The number of benzene rings is 3.